The average Bonchev–Trinajstić information content (AvgIpc) is 2.68. The van der Waals surface area contributed by atoms with Crippen LogP contribution in [0.1, 0.15) is 25.6 Å². The molecule has 0 N–H and O–H groups in total. The second kappa shape index (κ2) is 6.48. The van der Waals surface area contributed by atoms with Crippen LogP contribution < -0.4 is 0 Å². The van der Waals surface area contributed by atoms with Crippen LogP contribution in [0.5, 0.6) is 0 Å². The molecule has 0 amide bonds. The maximum absolute atomic E-state index is 4.95. The van der Waals surface area contributed by atoms with Crippen LogP contribution in [0, 0.1) is 0 Å². The topological polar surface area (TPSA) is 25.8 Å². The predicted molar refractivity (Wildman–Crippen MR) is 104 cm³/mol. The van der Waals surface area contributed by atoms with Crippen LogP contribution in [0.4, 0.5) is 0 Å². The quantitative estimate of drug-likeness (QED) is 0.456. The summed E-state index contributed by atoms with van der Waals surface area (Å²) in [7, 11) is 0. The number of hydrogen-bond acceptors (Lipinski definition) is 2. The highest BCUT2D eigenvalue weighted by molar-refractivity contribution is 5.96. The Kier molecular flexibility index (Phi) is 4.02. The molecule has 0 atom stereocenters. The van der Waals surface area contributed by atoms with Gasteiger partial charge in [-0.3, -0.25) is 0 Å². The molecule has 122 valence electrons. The Balaban J connectivity index is 2.03. The first-order valence-corrected chi connectivity index (χ1v) is 8.65. The molecular formula is C23H20N2. The van der Waals surface area contributed by atoms with Gasteiger partial charge in [0, 0.05) is 16.9 Å². The van der Waals surface area contributed by atoms with Crippen LogP contribution in [-0.2, 0) is 0 Å². The third kappa shape index (κ3) is 2.91. The smallest absolute Gasteiger partial charge is 0.132 e. The highest BCUT2D eigenvalue weighted by Crippen LogP contribution is 2.35. The second-order valence-corrected chi connectivity index (χ2v) is 6.51. The lowest BCUT2D eigenvalue weighted by molar-refractivity contribution is 0.784. The first-order chi connectivity index (χ1) is 12.2. The van der Waals surface area contributed by atoms with E-state index in [1.54, 1.807) is 0 Å². The van der Waals surface area contributed by atoms with Crippen molar-refractivity contribution >= 4 is 10.9 Å². The van der Waals surface area contributed by atoms with Crippen LogP contribution in [0.25, 0.3) is 33.3 Å². The number of rotatable bonds is 3. The molecule has 0 aliphatic rings. The third-order valence-electron chi connectivity index (χ3n) is 4.40. The predicted octanol–water partition coefficient (Wildman–Crippen LogP) is 6.09. The Morgan fingerprint density at radius 1 is 0.640 bits per heavy atom. The van der Waals surface area contributed by atoms with Crippen molar-refractivity contribution in [3.63, 3.8) is 0 Å². The van der Waals surface area contributed by atoms with Crippen molar-refractivity contribution in [1.29, 1.82) is 0 Å². The molecule has 0 radical (unpaired) electrons. The molecule has 25 heavy (non-hydrogen) atoms. The Hall–Kier alpha value is -3.00. The van der Waals surface area contributed by atoms with Crippen LogP contribution in [-0.4, -0.2) is 9.97 Å². The molecule has 4 rings (SSSR count). The van der Waals surface area contributed by atoms with Gasteiger partial charge in [0.05, 0.1) is 11.2 Å². The first kappa shape index (κ1) is 15.5. The Morgan fingerprint density at radius 2 is 1.28 bits per heavy atom. The summed E-state index contributed by atoms with van der Waals surface area (Å²) in [5.41, 5.74) is 5.55. The molecule has 2 nitrogen and oxygen atoms in total. The summed E-state index contributed by atoms with van der Waals surface area (Å²) in [5, 5.41) is 1.09. The zero-order chi connectivity index (χ0) is 17.2. The van der Waals surface area contributed by atoms with E-state index in [0.29, 0.717) is 0 Å². The van der Waals surface area contributed by atoms with Gasteiger partial charge >= 0.3 is 0 Å². The van der Waals surface area contributed by atoms with Gasteiger partial charge < -0.3 is 0 Å². The average molecular weight is 324 g/mol. The minimum atomic E-state index is 0.284. The zero-order valence-corrected chi connectivity index (χ0v) is 14.5. The molecule has 4 aromatic rings. The van der Waals surface area contributed by atoms with Crippen LogP contribution in [0.2, 0.25) is 0 Å². The van der Waals surface area contributed by atoms with Crippen molar-refractivity contribution in [2.45, 2.75) is 19.8 Å². The third-order valence-corrected chi connectivity index (χ3v) is 4.40. The lowest BCUT2D eigenvalue weighted by atomic mass is 9.95. The van der Waals surface area contributed by atoms with E-state index in [2.05, 4.69) is 80.6 Å². The van der Waals surface area contributed by atoms with Crippen molar-refractivity contribution in [3.05, 3.63) is 84.7 Å². The number of aromatic nitrogens is 2. The summed E-state index contributed by atoms with van der Waals surface area (Å²) in [5.74, 6) is 1.17. The summed E-state index contributed by atoms with van der Waals surface area (Å²) in [4.78, 5) is 9.70. The van der Waals surface area contributed by atoms with Gasteiger partial charge in [0.15, 0.2) is 0 Å². The maximum Gasteiger partial charge on any atom is 0.132 e. The fourth-order valence-corrected chi connectivity index (χ4v) is 3.12. The van der Waals surface area contributed by atoms with Crippen molar-refractivity contribution in [1.82, 2.24) is 9.97 Å². The fraction of sp³-hybridized carbons (Fsp3) is 0.130. The molecule has 0 saturated carbocycles. The monoisotopic (exact) mass is 324 g/mol. The minimum absolute atomic E-state index is 0.284. The number of nitrogens with zero attached hydrogens (tertiary/aromatic N) is 2. The summed E-state index contributed by atoms with van der Waals surface area (Å²) in [6, 6.07) is 27.2. The summed E-state index contributed by atoms with van der Waals surface area (Å²) < 4.78 is 0. The Morgan fingerprint density at radius 3 is 2.04 bits per heavy atom. The van der Waals surface area contributed by atoms with E-state index < -0.39 is 0 Å². The van der Waals surface area contributed by atoms with Crippen molar-refractivity contribution in [3.8, 4) is 22.4 Å². The van der Waals surface area contributed by atoms with E-state index in [1.807, 2.05) is 12.1 Å². The van der Waals surface area contributed by atoms with Crippen LogP contribution >= 0.6 is 0 Å². The fourth-order valence-electron chi connectivity index (χ4n) is 3.12. The molecule has 0 spiro atoms. The van der Waals surface area contributed by atoms with E-state index in [4.69, 9.17) is 9.97 Å². The molecule has 2 heteroatoms. The molecule has 0 saturated heterocycles. The second-order valence-electron chi connectivity index (χ2n) is 6.51. The molecule has 3 aromatic carbocycles. The summed E-state index contributed by atoms with van der Waals surface area (Å²) >= 11 is 0. The van der Waals surface area contributed by atoms with E-state index >= 15 is 0 Å². The SMILES string of the molecule is CC(C)c1nc(-c2ccccc2-c2ccccc2)c2ccccc2n1. The standard InChI is InChI=1S/C23H20N2/c1-16(2)23-24-21-15-9-8-14-20(21)22(25-23)19-13-7-6-12-18(19)17-10-4-3-5-11-17/h3-16H,1-2H3. The van der Waals surface area contributed by atoms with Crippen molar-refractivity contribution < 1.29 is 0 Å². The Bertz CT molecular complexity index is 1020. The molecule has 0 unspecified atom stereocenters. The van der Waals surface area contributed by atoms with Gasteiger partial charge in [-0.15, -0.1) is 0 Å². The highest BCUT2D eigenvalue weighted by Gasteiger charge is 2.15. The maximum atomic E-state index is 4.95. The van der Waals surface area contributed by atoms with Gasteiger partial charge in [-0.05, 0) is 17.2 Å². The summed E-state index contributed by atoms with van der Waals surface area (Å²) in [6.07, 6.45) is 0. The number of hydrogen-bond donors (Lipinski definition) is 0. The van der Waals surface area contributed by atoms with Crippen LogP contribution in [0.3, 0.4) is 0 Å². The zero-order valence-electron chi connectivity index (χ0n) is 14.5. The molecule has 0 bridgehead atoms. The molecular weight excluding hydrogens is 304 g/mol. The van der Waals surface area contributed by atoms with Crippen molar-refractivity contribution in [2.75, 3.05) is 0 Å². The Labute approximate surface area is 148 Å². The molecule has 0 fully saturated rings. The summed E-state index contributed by atoms with van der Waals surface area (Å²) in [6.45, 7) is 4.27. The largest absolute Gasteiger partial charge is 0.233 e. The number of para-hydroxylation sites is 1. The van der Waals surface area contributed by atoms with Crippen LogP contribution in [0.15, 0.2) is 78.9 Å². The number of fused-ring (bicyclic) bond motifs is 1. The van der Waals surface area contributed by atoms with Gasteiger partial charge in [0.2, 0.25) is 0 Å². The normalized spacial score (nSPS) is 11.2. The lowest BCUT2D eigenvalue weighted by Crippen LogP contribution is -2.01. The van der Waals surface area contributed by atoms with Crippen molar-refractivity contribution in [2.24, 2.45) is 0 Å². The van der Waals surface area contributed by atoms with Gasteiger partial charge in [-0.1, -0.05) is 86.6 Å². The van der Waals surface area contributed by atoms with E-state index in [-0.39, 0.29) is 5.92 Å². The van der Waals surface area contributed by atoms with Gasteiger partial charge in [0.1, 0.15) is 5.82 Å². The molecule has 0 aliphatic heterocycles. The first-order valence-electron chi connectivity index (χ1n) is 8.65. The van der Waals surface area contributed by atoms with Gasteiger partial charge in [-0.2, -0.15) is 0 Å². The van der Waals surface area contributed by atoms with E-state index in [0.717, 1.165) is 28.0 Å². The molecule has 1 aromatic heterocycles. The molecule has 1 heterocycles. The number of benzene rings is 3. The van der Waals surface area contributed by atoms with Gasteiger partial charge in [-0.25, -0.2) is 9.97 Å². The minimum Gasteiger partial charge on any atom is -0.233 e. The lowest BCUT2D eigenvalue weighted by Gasteiger charge is -2.14. The van der Waals surface area contributed by atoms with E-state index in [1.165, 1.54) is 11.1 Å². The van der Waals surface area contributed by atoms with E-state index in [9.17, 15) is 0 Å². The molecule has 0 aliphatic carbocycles. The highest BCUT2D eigenvalue weighted by atomic mass is 14.9. The van der Waals surface area contributed by atoms with Gasteiger partial charge in [0.25, 0.3) is 0 Å².